The molecule has 1 aliphatic rings. The fraction of sp³-hybridized carbons (Fsp3) is 0.462. The predicted molar refractivity (Wildman–Crippen MR) is 62.9 cm³/mol. The zero-order valence-electron chi connectivity index (χ0n) is 9.53. The van der Waals surface area contributed by atoms with Crippen LogP contribution >= 0.6 is 0 Å². The highest BCUT2D eigenvalue weighted by Crippen LogP contribution is 2.20. The first-order valence-corrected chi connectivity index (χ1v) is 5.71. The van der Waals surface area contributed by atoms with Crippen molar-refractivity contribution < 1.29 is 9.53 Å². The number of hydrogen-bond acceptors (Lipinski definition) is 3. The van der Waals surface area contributed by atoms with Crippen LogP contribution in [-0.2, 0) is 0 Å². The van der Waals surface area contributed by atoms with Crippen LogP contribution in [0.5, 0.6) is 5.75 Å². The van der Waals surface area contributed by atoms with E-state index in [2.05, 4.69) is 5.32 Å². The van der Waals surface area contributed by atoms with Gasteiger partial charge in [0.2, 0.25) is 0 Å². The normalized spacial score (nSPS) is 19.7. The summed E-state index contributed by atoms with van der Waals surface area (Å²) in [7, 11) is 0. The molecule has 2 rings (SSSR count). The van der Waals surface area contributed by atoms with Crippen LogP contribution in [0.25, 0.3) is 0 Å². The van der Waals surface area contributed by atoms with E-state index in [0.29, 0.717) is 23.8 Å². The second kappa shape index (κ2) is 5.12. The first kappa shape index (κ1) is 11.1. The van der Waals surface area contributed by atoms with Gasteiger partial charge >= 0.3 is 0 Å². The van der Waals surface area contributed by atoms with Crippen LogP contribution < -0.4 is 10.1 Å². The number of carbonyl (C=O) groups is 1. The molecule has 0 aliphatic carbocycles. The SMILES string of the molecule is CC(=O)c1ccccc1OCC1CCNC1. The Labute approximate surface area is 95.8 Å². The molecule has 0 saturated carbocycles. The van der Waals surface area contributed by atoms with Gasteiger partial charge in [-0.15, -0.1) is 0 Å². The molecule has 1 fully saturated rings. The molecule has 1 atom stereocenters. The van der Waals surface area contributed by atoms with Crippen LogP contribution in [0.2, 0.25) is 0 Å². The smallest absolute Gasteiger partial charge is 0.163 e. The molecule has 1 aliphatic heterocycles. The molecule has 1 saturated heterocycles. The van der Waals surface area contributed by atoms with Crippen LogP contribution in [-0.4, -0.2) is 25.5 Å². The van der Waals surface area contributed by atoms with E-state index in [9.17, 15) is 4.79 Å². The molecular weight excluding hydrogens is 202 g/mol. The maximum atomic E-state index is 11.4. The van der Waals surface area contributed by atoms with E-state index in [1.165, 1.54) is 0 Å². The predicted octanol–water partition coefficient (Wildman–Crippen LogP) is 1.88. The highest BCUT2D eigenvalue weighted by molar-refractivity contribution is 5.96. The molecule has 86 valence electrons. The van der Waals surface area contributed by atoms with Crippen molar-refractivity contribution in [1.29, 1.82) is 0 Å². The van der Waals surface area contributed by atoms with Gasteiger partial charge in [-0.25, -0.2) is 0 Å². The molecule has 1 N–H and O–H groups in total. The average Bonchev–Trinajstić information content (AvgIpc) is 2.79. The maximum Gasteiger partial charge on any atom is 0.163 e. The van der Waals surface area contributed by atoms with E-state index in [-0.39, 0.29) is 5.78 Å². The minimum Gasteiger partial charge on any atom is -0.492 e. The highest BCUT2D eigenvalue weighted by atomic mass is 16.5. The molecule has 0 radical (unpaired) electrons. The highest BCUT2D eigenvalue weighted by Gasteiger charge is 2.16. The summed E-state index contributed by atoms with van der Waals surface area (Å²) in [6.07, 6.45) is 1.15. The van der Waals surface area contributed by atoms with E-state index < -0.39 is 0 Å². The van der Waals surface area contributed by atoms with Crippen molar-refractivity contribution in [2.45, 2.75) is 13.3 Å². The van der Waals surface area contributed by atoms with Crippen LogP contribution in [0, 0.1) is 5.92 Å². The number of benzene rings is 1. The van der Waals surface area contributed by atoms with Crippen molar-refractivity contribution in [1.82, 2.24) is 5.32 Å². The number of carbonyl (C=O) groups excluding carboxylic acids is 1. The lowest BCUT2D eigenvalue weighted by atomic mass is 10.1. The van der Waals surface area contributed by atoms with Gasteiger partial charge in [-0.3, -0.25) is 4.79 Å². The Balaban J connectivity index is 2.00. The molecule has 3 heteroatoms. The second-order valence-electron chi connectivity index (χ2n) is 4.22. The Bertz CT molecular complexity index is 370. The summed E-state index contributed by atoms with van der Waals surface area (Å²) in [6, 6.07) is 7.43. The van der Waals surface area contributed by atoms with Gasteiger partial charge in [-0.05, 0) is 32.0 Å². The Morgan fingerprint density at radius 3 is 3.00 bits per heavy atom. The van der Waals surface area contributed by atoms with Gasteiger partial charge in [0.25, 0.3) is 0 Å². The van der Waals surface area contributed by atoms with E-state index in [4.69, 9.17) is 4.74 Å². The largest absolute Gasteiger partial charge is 0.492 e. The molecule has 16 heavy (non-hydrogen) atoms. The first-order chi connectivity index (χ1) is 7.77. The summed E-state index contributed by atoms with van der Waals surface area (Å²) < 4.78 is 5.72. The summed E-state index contributed by atoms with van der Waals surface area (Å²) in [6.45, 7) is 4.35. The molecular formula is C13H17NO2. The topological polar surface area (TPSA) is 38.3 Å². The fourth-order valence-electron chi connectivity index (χ4n) is 1.95. The number of ketones is 1. The van der Waals surface area contributed by atoms with Crippen molar-refractivity contribution in [3.05, 3.63) is 29.8 Å². The molecule has 0 spiro atoms. The van der Waals surface area contributed by atoms with Crippen LogP contribution in [0.1, 0.15) is 23.7 Å². The van der Waals surface area contributed by atoms with E-state index in [0.717, 1.165) is 19.5 Å². The summed E-state index contributed by atoms with van der Waals surface area (Å²) in [5, 5.41) is 3.30. The number of rotatable bonds is 4. The van der Waals surface area contributed by atoms with Crippen molar-refractivity contribution in [3.8, 4) is 5.75 Å². The maximum absolute atomic E-state index is 11.4. The van der Waals surface area contributed by atoms with Crippen LogP contribution in [0.4, 0.5) is 0 Å². The number of ether oxygens (including phenoxy) is 1. The minimum atomic E-state index is 0.0557. The Morgan fingerprint density at radius 2 is 2.31 bits per heavy atom. The standard InChI is InChI=1S/C13H17NO2/c1-10(15)12-4-2-3-5-13(12)16-9-11-6-7-14-8-11/h2-5,11,14H,6-9H2,1H3. The Hall–Kier alpha value is -1.35. The summed E-state index contributed by atoms with van der Waals surface area (Å²) in [5.41, 5.74) is 0.674. The number of hydrogen-bond donors (Lipinski definition) is 1. The lowest BCUT2D eigenvalue weighted by Gasteiger charge is -2.12. The van der Waals surface area contributed by atoms with Crippen molar-refractivity contribution >= 4 is 5.78 Å². The van der Waals surface area contributed by atoms with Crippen LogP contribution in [0.3, 0.4) is 0 Å². The number of para-hydroxylation sites is 1. The van der Waals surface area contributed by atoms with E-state index in [1.807, 2.05) is 24.3 Å². The van der Waals surface area contributed by atoms with Crippen molar-refractivity contribution in [2.75, 3.05) is 19.7 Å². The summed E-state index contributed by atoms with van der Waals surface area (Å²) in [4.78, 5) is 11.4. The molecule has 0 amide bonds. The zero-order valence-corrected chi connectivity index (χ0v) is 9.53. The fourth-order valence-corrected chi connectivity index (χ4v) is 1.95. The van der Waals surface area contributed by atoms with Crippen molar-refractivity contribution in [3.63, 3.8) is 0 Å². The molecule has 1 unspecified atom stereocenters. The number of Topliss-reactive ketones (excluding diaryl/α,β-unsaturated/α-hetero) is 1. The minimum absolute atomic E-state index is 0.0557. The van der Waals surface area contributed by atoms with Crippen molar-refractivity contribution in [2.24, 2.45) is 5.92 Å². The molecule has 3 nitrogen and oxygen atoms in total. The Kier molecular flexibility index (Phi) is 3.57. The third kappa shape index (κ3) is 2.61. The van der Waals surface area contributed by atoms with E-state index in [1.54, 1.807) is 6.92 Å². The quantitative estimate of drug-likeness (QED) is 0.786. The first-order valence-electron chi connectivity index (χ1n) is 5.71. The average molecular weight is 219 g/mol. The van der Waals surface area contributed by atoms with Gasteiger partial charge in [-0.1, -0.05) is 12.1 Å². The molecule has 1 aromatic carbocycles. The molecule has 0 aromatic heterocycles. The van der Waals surface area contributed by atoms with Gasteiger partial charge in [0.05, 0.1) is 12.2 Å². The third-order valence-corrected chi connectivity index (χ3v) is 2.90. The zero-order chi connectivity index (χ0) is 11.4. The third-order valence-electron chi connectivity index (χ3n) is 2.90. The molecule has 1 aromatic rings. The Morgan fingerprint density at radius 1 is 1.50 bits per heavy atom. The van der Waals surface area contributed by atoms with Gasteiger partial charge in [0.15, 0.2) is 5.78 Å². The second-order valence-corrected chi connectivity index (χ2v) is 4.22. The van der Waals surface area contributed by atoms with Crippen LogP contribution in [0.15, 0.2) is 24.3 Å². The lowest BCUT2D eigenvalue weighted by Crippen LogP contribution is -2.16. The van der Waals surface area contributed by atoms with Gasteiger partial charge in [0, 0.05) is 12.5 Å². The summed E-state index contributed by atoms with van der Waals surface area (Å²) >= 11 is 0. The molecule has 0 bridgehead atoms. The lowest BCUT2D eigenvalue weighted by molar-refractivity contribution is 0.101. The summed E-state index contributed by atoms with van der Waals surface area (Å²) in [5.74, 6) is 1.34. The van der Waals surface area contributed by atoms with E-state index >= 15 is 0 Å². The van der Waals surface area contributed by atoms with Gasteiger partial charge < -0.3 is 10.1 Å². The number of nitrogens with one attached hydrogen (secondary N) is 1. The van der Waals surface area contributed by atoms with Gasteiger partial charge in [-0.2, -0.15) is 0 Å². The molecule has 1 heterocycles. The van der Waals surface area contributed by atoms with Gasteiger partial charge in [0.1, 0.15) is 5.75 Å². The monoisotopic (exact) mass is 219 g/mol.